The number of aromatic nitrogens is 3. The summed E-state index contributed by atoms with van der Waals surface area (Å²) in [6.45, 7) is 5.78. The number of nitrogens with one attached hydrogen (secondary N) is 1. The van der Waals surface area contributed by atoms with E-state index in [2.05, 4.69) is 20.3 Å². The maximum Gasteiger partial charge on any atom is 0.236 e. The second-order valence-corrected chi connectivity index (χ2v) is 5.43. The van der Waals surface area contributed by atoms with Crippen LogP contribution in [-0.2, 0) is 4.79 Å². The fourth-order valence-corrected chi connectivity index (χ4v) is 2.42. The highest BCUT2D eigenvalue weighted by molar-refractivity contribution is 7.99. The van der Waals surface area contributed by atoms with Crippen molar-refractivity contribution in [3.8, 4) is 0 Å². The molecule has 2 heterocycles. The molecule has 1 N–H and O–H groups in total. The zero-order chi connectivity index (χ0) is 14.5. The molecule has 0 aliphatic heterocycles. The van der Waals surface area contributed by atoms with Gasteiger partial charge in [0.2, 0.25) is 5.91 Å². The first-order chi connectivity index (χ1) is 9.52. The van der Waals surface area contributed by atoms with E-state index in [-0.39, 0.29) is 11.7 Å². The molecule has 2 aromatic rings. The number of rotatable bonds is 4. The lowest BCUT2D eigenvalue weighted by atomic mass is 10.3. The molecule has 0 bridgehead atoms. The van der Waals surface area contributed by atoms with Gasteiger partial charge in [0.1, 0.15) is 5.82 Å². The molecule has 0 fully saturated rings. The molecule has 0 unspecified atom stereocenters. The Labute approximate surface area is 122 Å². The standard InChI is InChI=1S/C14H16N4OS/c1-9-4-5-15-12(6-9)18-13(19)8-20-14-16-10(2)7-11(3)17-14/h4-7H,8H2,1-3H3,(H,15,18,19). The maximum absolute atomic E-state index is 11.8. The van der Waals surface area contributed by atoms with E-state index in [0.717, 1.165) is 17.0 Å². The average molecular weight is 288 g/mol. The van der Waals surface area contributed by atoms with Gasteiger partial charge < -0.3 is 5.32 Å². The Balaban J connectivity index is 1.92. The molecule has 0 atom stereocenters. The number of carbonyl (C=O) groups is 1. The molecular weight excluding hydrogens is 272 g/mol. The largest absolute Gasteiger partial charge is 0.310 e. The highest BCUT2D eigenvalue weighted by atomic mass is 32.2. The number of amides is 1. The van der Waals surface area contributed by atoms with Crippen LogP contribution in [0, 0.1) is 20.8 Å². The molecule has 1 amide bonds. The zero-order valence-electron chi connectivity index (χ0n) is 11.7. The summed E-state index contributed by atoms with van der Waals surface area (Å²) in [6, 6.07) is 5.62. The van der Waals surface area contributed by atoms with Crippen LogP contribution in [0.5, 0.6) is 0 Å². The van der Waals surface area contributed by atoms with Gasteiger partial charge in [0.15, 0.2) is 5.16 Å². The first kappa shape index (κ1) is 14.5. The molecule has 0 saturated carbocycles. The molecule has 5 nitrogen and oxygen atoms in total. The third-order valence-corrected chi connectivity index (χ3v) is 3.32. The SMILES string of the molecule is Cc1ccnc(NC(=O)CSc2nc(C)cc(C)n2)c1. The summed E-state index contributed by atoms with van der Waals surface area (Å²) in [7, 11) is 0. The topological polar surface area (TPSA) is 67.8 Å². The van der Waals surface area contributed by atoms with Gasteiger partial charge in [-0.3, -0.25) is 4.79 Å². The van der Waals surface area contributed by atoms with Gasteiger partial charge in [-0.1, -0.05) is 11.8 Å². The van der Waals surface area contributed by atoms with E-state index in [0.29, 0.717) is 11.0 Å². The Hall–Kier alpha value is -1.95. The van der Waals surface area contributed by atoms with Crippen molar-refractivity contribution in [3.63, 3.8) is 0 Å². The third-order valence-electron chi connectivity index (χ3n) is 2.48. The molecule has 0 spiro atoms. The van der Waals surface area contributed by atoms with Crippen molar-refractivity contribution in [1.82, 2.24) is 15.0 Å². The predicted molar refractivity (Wildman–Crippen MR) is 79.8 cm³/mol. The van der Waals surface area contributed by atoms with Gasteiger partial charge in [-0.05, 0) is 44.5 Å². The van der Waals surface area contributed by atoms with Crippen molar-refractivity contribution in [3.05, 3.63) is 41.3 Å². The number of hydrogen-bond acceptors (Lipinski definition) is 5. The monoisotopic (exact) mass is 288 g/mol. The van der Waals surface area contributed by atoms with Crippen LogP contribution < -0.4 is 5.32 Å². The van der Waals surface area contributed by atoms with Crippen LogP contribution in [0.15, 0.2) is 29.6 Å². The Morgan fingerprint density at radius 1 is 1.20 bits per heavy atom. The van der Waals surface area contributed by atoms with E-state index in [9.17, 15) is 4.79 Å². The lowest BCUT2D eigenvalue weighted by Gasteiger charge is -2.05. The number of thioether (sulfide) groups is 1. The quantitative estimate of drug-likeness (QED) is 0.691. The van der Waals surface area contributed by atoms with Gasteiger partial charge in [-0.2, -0.15) is 0 Å². The number of anilines is 1. The molecule has 0 radical (unpaired) electrons. The van der Waals surface area contributed by atoms with Gasteiger partial charge >= 0.3 is 0 Å². The van der Waals surface area contributed by atoms with Crippen molar-refractivity contribution in [2.75, 3.05) is 11.1 Å². The second kappa shape index (κ2) is 6.47. The summed E-state index contributed by atoms with van der Waals surface area (Å²) in [6.07, 6.45) is 1.67. The number of hydrogen-bond donors (Lipinski definition) is 1. The van der Waals surface area contributed by atoms with E-state index in [4.69, 9.17) is 0 Å². The zero-order valence-corrected chi connectivity index (χ0v) is 12.5. The number of aryl methyl sites for hydroxylation is 3. The molecule has 2 rings (SSSR count). The summed E-state index contributed by atoms with van der Waals surface area (Å²) in [4.78, 5) is 24.5. The molecule has 2 aromatic heterocycles. The van der Waals surface area contributed by atoms with Crippen LogP contribution in [0.3, 0.4) is 0 Å². The predicted octanol–water partition coefficient (Wildman–Crippen LogP) is 2.53. The first-order valence-electron chi connectivity index (χ1n) is 6.20. The average Bonchev–Trinajstić information content (AvgIpc) is 2.35. The molecule has 104 valence electrons. The Bertz CT molecular complexity index is 610. The van der Waals surface area contributed by atoms with Crippen LogP contribution in [0.4, 0.5) is 5.82 Å². The summed E-state index contributed by atoms with van der Waals surface area (Å²) >= 11 is 1.32. The second-order valence-electron chi connectivity index (χ2n) is 4.49. The van der Waals surface area contributed by atoms with Crippen molar-refractivity contribution in [1.29, 1.82) is 0 Å². The summed E-state index contributed by atoms with van der Waals surface area (Å²) < 4.78 is 0. The summed E-state index contributed by atoms with van der Waals surface area (Å²) in [5.74, 6) is 0.714. The van der Waals surface area contributed by atoms with Crippen LogP contribution >= 0.6 is 11.8 Å². The highest BCUT2D eigenvalue weighted by Crippen LogP contribution is 2.14. The van der Waals surface area contributed by atoms with E-state index >= 15 is 0 Å². The smallest absolute Gasteiger partial charge is 0.236 e. The molecule has 0 saturated heterocycles. The fourth-order valence-electron chi connectivity index (χ4n) is 1.67. The van der Waals surface area contributed by atoms with Gasteiger partial charge in [-0.15, -0.1) is 0 Å². The number of carbonyl (C=O) groups excluding carboxylic acids is 1. The van der Waals surface area contributed by atoms with Crippen molar-refractivity contribution < 1.29 is 4.79 Å². The van der Waals surface area contributed by atoms with Crippen LogP contribution in [0.1, 0.15) is 17.0 Å². The van der Waals surface area contributed by atoms with Gasteiger partial charge in [0.05, 0.1) is 5.75 Å². The first-order valence-corrected chi connectivity index (χ1v) is 7.19. The minimum Gasteiger partial charge on any atom is -0.310 e. The normalized spacial score (nSPS) is 10.3. The van der Waals surface area contributed by atoms with Crippen molar-refractivity contribution in [2.24, 2.45) is 0 Å². The summed E-state index contributed by atoms with van der Waals surface area (Å²) in [5, 5.41) is 3.38. The Kier molecular flexibility index (Phi) is 4.68. The van der Waals surface area contributed by atoms with Gasteiger partial charge in [0, 0.05) is 17.6 Å². The Morgan fingerprint density at radius 3 is 2.55 bits per heavy atom. The molecule has 0 aliphatic rings. The van der Waals surface area contributed by atoms with E-state index in [1.54, 1.807) is 6.20 Å². The molecule has 0 aromatic carbocycles. The number of pyridine rings is 1. The fraction of sp³-hybridized carbons (Fsp3) is 0.286. The lowest BCUT2D eigenvalue weighted by molar-refractivity contribution is -0.113. The van der Waals surface area contributed by atoms with E-state index in [1.165, 1.54) is 11.8 Å². The van der Waals surface area contributed by atoms with Crippen molar-refractivity contribution in [2.45, 2.75) is 25.9 Å². The number of nitrogens with zero attached hydrogens (tertiary/aromatic N) is 3. The minimum absolute atomic E-state index is 0.115. The van der Waals surface area contributed by atoms with Crippen LogP contribution in [-0.4, -0.2) is 26.6 Å². The minimum atomic E-state index is -0.115. The lowest BCUT2D eigenvalue weighted by Crippen LogP contribution is -2.15. The molecule has 20 heavy (non-hydrogen) atoms. The van der Waals surface area contributed by atoms with Gasteiger partial charge in [0.25, 0.3) is 0 Å². The summed E-state index contributed by atoms with van der Waals surface area (Å²) in [5.41, 5.74) is 2.86. The van der Waals surface area contributed by atoms with Gasteiger partial charge in [-0.25, -0.2) is 15.0 Å². The maximum atomic E-state index is 11.8. The van der Waals surface area contributed by atoms with E-state index < -0.39 is 0 Å². The highest BCUT2D eigenvalue weighted by Gasteiger charge is 2.07. The molecule has 6 heteroatoms. The van der Waals surface area contributed by atoms with Crippen molar-refractivity contribution >= 4 is 23.5 Å². The Morgan fingerprint density at radius 2 is 1.90 bits per heavy atom. The van der Waals surface area contributed by atoms with Crippen LogP contribution in [0.25, 0.3) is 0 Å². The molecular formula is C14H16N4OS. The molecule has 0 aliphatic carbocycles. The third kappa shape index (κ3) is 4.31. The van der Waals surface area contributed by atoms with Crippen LogP contribution in [0.2, 0.25) is 0 Å². The van der Waals surface area contributed by atoms with E-state index in [1.807, 2.05) is 39.0 Å².